The van der Waals surface area contributed by atoms with E-state index in [0.717, 1.165) is 0 Å². The van der Waals surface area contributed by atoms with E-state index in [0.29, 0.717) is 16.8 Å². The number of nitrogens with one attached hydrogen (secondary N) is 1. The van der Waals surface area contributed by atoms with Crippen LogP contribution in [0.4, 0.5) is 18.9 Å². The zero-order valence-corrected chi connectivity index (χ0v) is 12.0. The summed E-state index contributed by atoms with van der Waals surface area (Å²) in [6.45, 7) is 0. The van der Waals surface area contributed by atoms with Gasteiger partial charge in [0.2, 0.25) is 5.71 Å². The summed E-state index contributed by atoms with van der Waals surface area (Å²) in [4.78, 5) is 0. The lowest BCUT2D eigenvalue weighted by atomic mass is 10.1. The lowest BCUT2D eigenvalue weighted by molar-refractivity contribution is -0.274. The van der Waals surface area contributed by atoms with Crippen molar-refractivity contribution in [2.45, 2.75) is 6.36 Å². The Bertz CT molecular complexity index is 814. The summed E-state index contributed by atoms with van der Waals surface area (Å²) in [5.74, 6) is -0.308. The monoisotopic (exact) mass is 330 g/mol. The van der Waals surface area contributed by atoms with Gasteiger partial charge in [-0.25, -0.2) is 0 Å². The minimum atomic E-state index is -4.73. The Balaban J connectivity index is 2.18. The molecule has 0 aliphatic heterocycles. The smallest absolute Gasteiger partial charge is 0.406 e. The van der Waals surface area contributed by atoms with Crippen molar-refractivity contribution >= 4 is 11.4 Å². The lowest BCUT2D eigenvalue weighted by Gasteiger charge is -2.10. The molecule has 0 bridgehead atoms. The van der Waals surface area contributed by atoms with Crippen LogP contribution in [0.5, 0.6) is 5.75 Å². The Morgan fingerprint density at radius 3 is 2.25 bits per heavy atom. The Labute approximate surface area is 135 Å². The van der Waals surface area contributed by atoms with Crippen LogP contribution >= 0.6 is 0 Å². The first-order valence-corrected chi connectivity index (χ1v) is 6.51. The van der Waals surface area contributed by atoms with E-state index < -0.39 is 6.36 Å². The molecule has 8 heteroatoms. The van der Waals surface area contributed by atoms with Gasteiger partial charge in [0.05, 0.1) is 5.69 Å². The predicted octanol–water partition coefficient (Wildman–Crippen LogP) is 4.07. The van der Waals surface area contributed by atoms with Gasteiger partial charge in [0.25, 0.3) is 0 Å². The number of halogens is 3. The van der Waals surface area contributed by atoms with Crippen LogP contribution in [-0.4, -0.2) is 12.1 Å². The lowest BCUT2D eigenvalue weighted by Crippen LogP contribution is -2.16. The van der Waals surface area contributed by atoms with Crippen molar-refractivity contribution < 1.29 is 17.9 Å². The van der Waals surface area contributed by atoms with Crippen molar-refractivity contribution in [2.24, 2.45) is 5.10 Å². The molecular weight excluding hydrogens is 321 g/mol. The Kier molecular flexibility index (Phi) is 5.03. The summed E-state index contributed by atoms with van der Waals surface area (Å²) in [5.41, 5.74) is 4.14. The van der Waals surface area contributed by atoms with Gasteiger partial charge in [0.15, 0.2) is 0 Å². The molecule has 0 saturated heterocycles. The van der Waals surface area contributed by atoms with Crippen LogP contribution in [0.25, 0.3) is 11.1 Å². The number of alkyl halides is 3. The average molecular weight is 330 g/mol. The van der Waals surface area contributed by atoms with E-state index in [1.807, 2.05) is 0 Å². The van der Waals surface area contributed by atoms with Crippen molar-refractivity contribution in [1.29, 1.82) is 10.5 Å². The van der Waals surface area contributed by atoms with E-state index in [4.69, 9.17) is 10.5 Å². The molecule has 0 fully saturated rings. The molecular formula is C16H9F3N4O. The van der Waals surface area contributed by atoms with Gasteiger partial charge in [-0.3, -0.25) is 5.43 Å². The van der Waals surface area contributed by atoms with Crippen molar-refractivity contribution in [3.8, 4) is 29.0 Å². The van der Waals surface area contributed by atoms with Crippen LogP contribution in [0.2, 0.25) is 0 Å². The Morgan fingerprint density at radius 2 is 1.67 bits per heavy atom. The number of nitrogens with zero attached hydrogens (tertiary/aromatic N) is 3. The highest BCUT2D eigenvalue weighted by atomic mass is 19.4. The first kappa shape index (κ1) is 16.8. The number of hydrogen-bond acceptors (Lipinski definition) is 5. The predicted molar refractivity (Wildman–Crippen MR) is 80.8 cm³/mol. The minimum absolute atomic E-state index is 0.308. The fraction of sp³-hybridized carbons (Fsp3) is 0.0625. The van der Waals surface area contributed by atoms with Gasteiger partial charge in [-0.05, 0) is 35.4 Å². The summed E-state index contributed by atoms with van der Waals surface area (Å²) in [6.07, 6.45) is -4.73. The van der Waals surface area contributed by atoms with Gasteiger partial charge >= 0.3 is 6.36 Å². The maximum absolute atomic E-state index is 12.1. The number of nitriles is 2. The molecule has 120 valence electrons. The van der Waals surface area contributed by atoms with Crippen molar-refractivity contribution in [1.82, 2.24) is 0 Å². The van der Waals surface area contributed by atoms with Gasteiger partial charge in [-0.2, -0.15) is 15.6 Å². The molecule has 5 nitrogen and oxygen atoms in total. The molecule has 0 unspecified atom stereocenters. The highest BCUT2D eigenvalue weighted by Crippen LogP contribution is 2.27. The maximum Gasteiger partial charge on any atom is 0.573 e. The van der Waals surface area contributed by atoms with Crippen LogP contribution in [-0.2, 0) is 0 Å². The van der Waals surface area contributed by atoms with Crippen LogP contribution in [0.1, 0.15) is 0 Å². The highest BCUT2D eigenvalue weighted by molar-refractivity contribution is 6.10. The number of benzene rings is 2. The fourth-order valence-corrected chi connectivity index (χ4v) is 1.81. The van der Waals surface area contributed by atoms with E-state index in [2.05, 4.69) is 15.3 Å². The molecule has 2 rings (SSSR count). The molecule has 0 radical (unpaired) electrons. The molecule has 0 aromatic heterocycles. The van der Waals surface area contributed by atoms with E-state index in [-0.39, 0.29) is 11.5 Å². The van der Waals surface area contributed by atoms with Crippen LogP contribution in [0, 0.1) is 22.7 Å². The van der Waals surface area contributed by atoms with Crippen LogP contribution < -0.4 is 10.2 Å². The first-order chi connectivity index (χ1) is 11.4. The Morgan fingerprint density at radius 1 is 1.00 bits per heavy atom. The molecule has 0 atom stereocenters. The highest BCUT2D eigenvalue weighted by Gasteiger charge is 2.30. The SMILES string of the molecule is N#CC(C#N)=NNc1cccc(-c2ccc(OC(F)(F)F)cc2)c1. The minimum Gasteiger partial charge on any atom is -0.406 e. The summed E-state index contributed by atoms with van der Waals surface area (Å²) in [5, 5.41) is 20.8. The number of ether oxygens (including phenoxy) is 1. The van der Waals surface area contributed by atoms with Gasteiger partial charge in [-0.1, -0.05) is 24.3 Å². The zero-order chi connectivity index (χ0) is 17.6. The summed E-state index contributed by atoms with van der Waals surface area (Å²) in [7, 11) is 0. The molecule has 0 spiro atoms. The van der Waals surface area contributed by atoms with E-state index in [1.54, 1.807) is 36.4 Å². The molecule has 2 aromatic carbocycles. The molecule has 0 saturated carbocycles. The maximum atomic E-state index is 12.1. The fourth-order valence-electron chi connectivity index (χ4n) is 1.81. The second-order valence-electron chi connectivity index (χ2n) is 4.45. The average Bonchev–Trinajstić information content (AvgIpc) is 2.55. The van der Waals surface area contributed by atoms with E-state index >= 15 is 0 Å². The van der Waals surface area contributed by atoms with Crippen molar-refractivity contribution in [3.63, 3.8) is 0 Å². The first-order valence-electron chi connectivity index (χ1n) is 6.51. The van der Waals surface area contributed by atoms with Gasteiger partial charge in [0.1, 0.15) is 17.9 Å². The van der Waals surface area contributed by atoms with Crippen molar-refractivity contribution in [2.75, 3.05) is 5.43 Å². The summed E-state index contributed by atoms with van der Waals surface area (Å²) >= 11 is 0. The largest absolute Gasteiger partial charge is 0.573 e. The topological polar surface area (TPSA) is 81.2 Å². The summed E-state index contributed by atoms with van der Waals surface area (Å²) in [6, 6.07) is 15.4. The molecule has 24 heavy (non-hydrogen) atoms. The molecule has 0 heterocycles. The Hall–Kier alpha value is -3.52. The second kappa shape index (κ2) is 7.16. The molecule has 0 amide bonds. The van der Waals surface area contributed by atoms with Crippen LogP contribution in [0.15, 0.2) is 53.6 Å². The second-order valence-corrected chi connectivity index (χ2v) is 4.45. The zero-order valence-electron chi connectivity index (χ0n) is 12.0. The summed E-state index contributed by atoms with van der Waals surface area (Å²) < 4.78 is 40.2. The molecule has 0 aliphatic rings. The number of anilines is 1. The van der Waals surface area contributed by atoms with Gasteiger partial charge in [0, 0.05) is 0 Å². The van der Waals surface area contributed by atoms with Crippen LogP contribution in [0.3, 0.4) is 0 Å². The third-order valence-electron chi connectivity index (χ3n) is 2.79. The number of rotatable bonds is 4. The molecule has 1 N–H and O–H groups in total. The van der Waals surface area contributed by atoms with Gasteiger partial charge < -0.3 is 4.74 Å². The number of hydrazone groups is 1. The molecule has 2 aromatic rings. The van der Waals surface area contributed by atoms with Gasteiger partial charge in [-0.15, -0.1) is 13.2 Å². The third kappa shape index (κ3) is 4.75. The quantitative estimate of drug-likeness (QED) is 0.677. The number of hydrogen-bond donors (Lipinski definition) is 1. The third-order valence-corrected chi connectivity index (χ3v) is 2.79. The molecule has 0 aliphatic carbocycles. The van der Waals surface area contributed by atoms with E-state index in [1.165, 1.54) is 24.3 Å². The standard InChI is InChI=1S/C16H9F3N4O/c17-16(18,19)24-15-6-4-11(5-7-15)12-2-1-3-13(8-12)22-23-14(9-20)10-21/h1-8,22H. The van der Waals surface area contributed by atoms with Crippen molar-refractivity contribution in [3.05, 3.63) is 48.5 Å². The normalized spacial score (nSPS) is 10.2. The van der Waals surface area contributed by atoms with E-state index in [9.17, 15) is 13.2 Å².